The Kier molecular flexibility index (Phi) is 6.37. The zero-order valence-corrected chi connectivity index (χ0v) is 18.4. The van der Waals surface area contributed by atoms with E-state index in [9.17, 15) is 4.79 Å². The molecule has 1 aliphatic rings. The number of rotatable bonds is 7. The molecule has 0 unspecified atom stereocenters. The highest BCUT2D eigenvalue weighted by Crippen LogP contribution is 2.31. The van der Waals surface area contributed by atoms with E-state index in [1.807, 2.05) is 62.4 Å². The Hall–Kier alpha value is -3.12. The Morgan fingerprint density at radius 2 is 1.77 bits per heavy atom. The average molecular weight is 420 g/mol. The molecule has 0 amide bonds. The summed E-state index contributed by atoms with van der Waals surface area (Å²) in [6.07, 6.45) is 0. The number of hydrogen-bond acceptors (Lipinski definition) is 6. The summed E-state index contributed by atoms with van der Waals surface area (Å²) in [4.78, 5) is 21.0. The SMILES string of the molecule is CCOc1ccccc1-c1nc(CN2CCN(c3ccc(C(C)=O)cc3)CC2)c(C)o1. The second-order valence-electron chi connectivity index (χ2n) is 7.82. The number of para-hydroxylation sites is 1. The van der Waals surface area contributed by atoms with Crippen LogP contribution in [-0.4, -0.2) is 48.5 Å². The first kappa shape index (κ1) is 21.1. The van der Waals surface area contributed by atoms with Crippen LogP contribution in [0.5, 0.6) is 5.75 Å². The van der Waals surface area contributed by atoms with Crippen molar-refractivity contribution in [3.8, 4) is 17.2 Å². The van der Waals surface area contributed by atoms with Crippen LogP contribution in [0.3, 0.4) is 0 Å². The molecule has 31 heavy (non-hydrogen) atoms. The van der Waals surface area contributed by atoms with Gasteiger partial charge in [0.2, 0.25) is 5.89 Å². The fourth-order valence-electron chi connectivity index (χ4n) is 3.90. The molecule has 4 rings (SSSR count). The maximum absolute atomic E-state index is 11.5. The lowest BCUT2D eigenvalue weighted by atomic mass is 10.1. The van der Waals surface area contributed by atoms with Crippen molar-refractivity contribution in [1.29, 1.82) is 0 Å². The summed E-state index contributed by atoms with van der Waals surface area (Å²) >= 11 is 0. The van der Waals surface area contributed by atoms with Gasteiger partial charge in [-0.05, 0) is 57.2 Å². The van der Waals surface area contributed by atoms with Crippen molar-refractivity contribution < 1.29 is 13.9 Å². The van der Waals surface area contributed by atoms with E-state index in [2.05, 4.69) is 9.80 Å². The van der Waals surface area contributed by atoms with Crippen LogP contribution in [0.2, 0.25) is 0 Å². The van der Waals surface area contributed by atoms with Gasteiger partial charge in [0.1, 0.15) is 11.5 Å². The van der Waals surface area contributed by atoms with E-state index in [1.54, 1.807) is 6.92 Å². The first-order chi connectivity index (χ1) is 15.0. The van der Waals surface area contributed by atoms with Crippen molar-refractivity contribution in [3.63, 3.8) is 0 Å². The van der Waals surface area contributed by atoms with Gasteiger partial charge in [0.25, 0.3) is 0 Å². The average Bonchev–Trinajstić information content (AvgIpc) is 3.15. The first-order valence-corrected chi connectivity index (χ1v) is 10.8. The van der Waals surface area contributed by atoms with Crippen LogP contribution in [0.1, 0.15) is 35.7 Å². The van der Waals surface area contributed by atoms with Gasteiger partial charge in [0.05, 0.1) is 17.9 Å². The van der Waals surface area contributed by atoms with Gasteiger partial charge < -0.3 is 14.1 Å². The number of oxazole rings is 1. The van der Waals surface area contributed by atoms with Gasteiger partial charge >= 0.3 is 0 Å². The molecular formula is C25H29N3O3. The summed E-state index contributed by atoms with van der Waals surface area (Å²) in [7, 11) is 0. The van der Waals surface area contributed by atoms with Crippen molar-refractivity contribution in [2.45, 2.75) is 27.3 Å². The Balaban J connectivity index is 1.40. The third-order valence-corrected chi connectivity index (χ3v) is 5.69. The van der Waals surface area contributed by atoms with Crippen molar-refractivity contribution in [2.24, 2.45) is 0 Å². The molecule has 0 spiro atoms. The molecule has 0 aliphatic carbocycles. The lowest BCUT2D eigenvalue weighted by Crippen LogP contribution is -2.46. The normalized spacial score (nSPS) is 14.6. The standard InChI is InChI=1S/C25H29N3O3/c1-4-30-24-8-6-5-7-22(24)25-26-23(19(3)31-25)17-27-13-15-28(16-14-27)21-11-9-20(10-12-21)18(2)29/h5-12H,4,13-17H2,1-3H3. The summed E-state index contributed by atoms with van der Waals surface area (Å²) in [5, 5.41) is 0. The number of ether oxygens (including phenoxy) is 1. The molecule has 6 heteroatoms. The van der Waals surface area contributed by atoms with Gasteiger partial charge in [0, 0.05) is 44.0 Å². The van der Waals surface area contributed by atoms with Gasteiger partial charge in [-0.25, -0.2) is 4.98 Å². The van der Waals surface area contributed by atoms with E-state index in [1.165, 1.54) is 0 Å². The summed E-state index contributed by atoms with van der Waals surface area (Å²) in [5.41, 5.74) is 3.78. The Morgan fingerprint density at radius 3 is 2.45 bits per heavy atom. The number of nitrogens with zero attached hydrogens (tertiary/aromatic N) is 3. The van der Waals surface area contributed by atoms with Gasteiger partial charge in [-0.15, -0.1) is 0 Å². The molecule has 0 saturated carbocycles. The predicted octanol–water partition coefficient (Wildman–Crippen LogP) is 4.57. The molecule has 0 N–H and O–H groups in total. The Bertz CT molecular complexity index is 1030. The minimum atomic E-state index is 0.0996. The van der Waals surface area contributed by atoms with Gasteiger partial charge in [-0.2, -0.15) is 0 Å². The second kappa shape index (κ2) is 9.35. The number of piperazine rings is 1. The highest BCUT2D eigenvalue weighted by atomic mass is 16.5. The number of carbonyl (C=O) groups excluding carboxylic acids is 1. The lowest BCUT2D eigenvalue weighted by Gasteiger charge is -2.35. The molecule has 162 valence electrons. The van der Waals surface area contributed by atoms with Crippen LogP contribution >= 0.6 is 0 Å². The monoisotopic (exact) mass is 419 g/mol. The van der Waals surface area contributed by atoms with E-state index in [-0.39, 0.29) is 5.78 Å². The molecule has 1 saturated heterocycles. The fourth-order valence-corrected chi connectivity index (χ4v) is 3.90. The number of anilines is 1. The van der Waals surface area contributed by atoms with Crippen molar-refractivity contribution >= 4 is 11.5 Å². The summed E-state index contributed by atoms with van der Waals surface area (Å²) in [6, 6.07) is 15.7. The van der Waals surface area contributed by atoms with Gasteiger partial charge in [0.15, 0.2) is 5.78 Å². The minimum absolute atomic E-state index is 0.0996. The predicted molar refractivity (Wildman–Crippen MR) is 122 cm³/mol. The van der Waals surface area contributed by atoms with Crippen molar-refractivity contribution in [1.82, 2.24) is 9.88 Å². The molecule has 6 nitrogen and oxygen atoms in total. The molecule has 3 aromatic rings. The number of Topliss-reactive ketones (excluding diaryl/α,β-unsaturated/α-hetero) is 1. The summed E-state index contributed by atoms with van der Waals surface area (Å²) in [5.74, 6) is 2.36. The van der Waals surface area contributed by atoms with Crippen LogP contribution in [0.4, 0.5) is 5.69 Å². The number of hydrogen-bond donors (Lipinski definition) is 0. The van der Waals surface area contributed by atoms with Crippen LogP contribution < -0.4 is 9.64 Å². The van der Waals surface area contributed by atoms with Gasteiger partial charge in [-0.1, -0.05) is 12.1 Å². The molecule has 0 bridgehead atoms. The van der Waals surface area contributed by atoms with Crippen LogP contribution in [0.15, 0.2) is 52.9 Å². The molecule has 2 aromatic carbocycles. The van der Waals surface area contributed by atoms with Crippen molar-refractivity contribution in [2.75, 3.05) is 37.7 Å². The summed E-state index contributed by atoms with van der Waals surface area (Å²) in [6.45, 7) is 10.7. The van der Waals surface area contributed by atoms with E-state index in [4.69, 9.17) is 14.1 Å². The highest BCUT2D eigenvalue weighted by molar-refractivity contribution is 5.94. The van der Waals surface area contributed by atoms with Crippen LogP contribution in [0, 0.1) is 6.92 Å². The minimum Gasteiger partial charge on any atom is -0.493 e. The van der Waals surface area contributed by atoms with E-state index < -0.39 is 0 Å². The van der Waals surface area contributed by atoms with E-state index >= 15 is 0 Å². The number of aryl methyl sites for hydroxylation is 1. The zero-order valence-electron chi connectivity index (χ0n) is 18.4. The van der Waals surface area contributed by atoms with Gasteiger partial charge in [-0.3, -0.25) is 9.69 Å². The smallest absolute Gasteiger partial charge is 0.230 e. The zero-order chi connectivity index (χ0) is 21.8. The molecule has 0 atom stereocenters. The maximum atomic E-state index is 11.5. The topological polar surface area (TPSA) is 58.8 Å². The molecule has 1 aliphatic heterocycles. The number of benzene rings is 2. The van der Waals surface area contributed by atoms with Crippen molar-refractivity contribution in [3.05, 3.63) is 65.5 Å². The number of ketones is 1. The molecular weight excluding hydrogens is 390 g/mol. The van der Waals surface area contributed by atoms with Crippen LogP contribution in [-0.2, 0) is 6.54 Å². The molecule has 1 fully saturated rings. The third kappa shape index (κ3) is 4.80. The maximum Gasteiger partial charge on any atom is 0.230 e. The second-order valence-corrected chi connectivity index (χ2v) is 7.82. The lowest BCUT2D eigenvalue weighted by molar-refractivity contribution is 0.101. The molecule has 0 radical (unpaired) electrons. The Labute approximate surface area is 183 Å². The Morgan fingerprint density at radius 1 is 1.06 bits per heavy atom. The summed E-state index contributed by atoms with van der Waals surface area (Å²) < 4.78 is 11.7. The molecule has 1 aromatic heterocycles. The first-order valence-electron chi connectivity index (χ1n) is 10.8. The largest absolute Gasteiger partial charge is 0.493 e. The fraction of sp³-hybridized carbons (Fsp3) is 0.360. The van der Waals surface area contributed by atoms with Crippen LogP contribution in [0.25, 0.3) is 11.5 Å². The quantitative estimate of drug-likeness (QED) is 0.523. The third-order valence-electron chi connectivity index (χ3n) is 5.69. The number of aromatic nitrogens is 1. The highest BCUT2D eigenvalue weighted by Gasteiger charge is 2.21. The van der Waals surface area contributed by atoms with E-state index in [0.29, 0.717) is 12.5 Å². The van der Waals surface area contributed by atoms with E-state index in [0.717, 1.165) is 66.7 Å². The molecule has 2 heterocycles. The number of carbonyl (C=O) groups is 1.